The second-order valence-corrected chi connectivity index (χ2v) is 6.50. The highest BCUT2D eigenvalue weighted by atomic mass is 19.1. The summed E-state index contributed by atoms with van der Waals surface area (Å²) in [4.78, 5) is 8.88. The summed E-state index contributed by atoms with van der Waals surface area (Å²) < 4.78 is 16.1. The lowest BCUT2D eigenvalue weighted by Gasteiger charge is -2.08. The molecule has 0 saturated carbocycles. The van der Waals surface area contributed by atoms with E-state index >= 15 is 0 Å². The van der Waals surface area contributed by atoms with Crippen LogP contribution in [0.2, 0.25) is 0 Å². The second-order valence-electron chi connectivity index (χ2n) is 6.50. The van der Waals surface area contributed by atoms with Crippen LogP contribution in [0.15, 0.2) is 67.4 Å². The average Bonchev–Trinajstić information content (AvgIpc) is 3.36. The Morgan fingerprint density at radius 2 is 1.86 bits per heavy atom. The van der Waals surface area contributed by atoms with Crippen molar-refractivity contribution in [3.63, 3.8) is 0 Å². The number of nitrogens with zero attached hydrogens (tertiary/aromatic N) is 5. The molecule has 136 valence electrons. The molecule has 6 nitrogen and oxygen atoms in total. The van der Waals surface area contributed by atoms with Crippen LogP contribution in [0.3, 0.4) is 0 Å². The van der Waals surface area contributed by atoms with E-state index in [1.807, 2.05) is 37.6 Å². The molecule has 0 aliphatic rings. The van der Waals surface area contributed by atoms with E-state index in [0.717, 1.165) is 27.6 Å². The third-order valence-corrected chi connectivity index (χ3v) is 4.71. The third kappa shape index (κ3) is 2.64. The number of halogens is 1. The number of benzene rings is 2. The zero-order chi connectivity index (χ0) is 19.1. The fourth-order valence-corrected chi connectivity index (χ4v) is 3.36. The van der Waals surface area contributed by atoms with Gasteiger partial charge in [-0.2, -0.15) is 10.2 Å². The fraction of sp³-hybridized carbons (Fsp3) is 0.0476. The van der Waals surface area contributed by atoms with Crippen LogP contribution in [-0.4, -0.2) is 29.9 Å². The molecule has 3 heterocycles. The second kappa shape index (κ2) is 6.38. The van der Waals surface area contributed by atoms with Crippen LogP contribution in [0.25, 0.3) is 44.5 Å². The minimum atomic E-state index is -0.315. The minimum absolute atomic E-state index is 0.315. The van der Waals surface area contributed by atoms with E-state index in [1.54, 1.807) is 29.1 Å². The molecule has 0 spiro atoms. The first-order chi connectivity index (χ1) is 13.7. The van der Waals surface area contributed by atoms with Crippen molar-refractivity contribution >= 4 is 10.9 Å². The van der Waals surface area contributed by atoms with Gasteiger partial charge >= 0.3 is 0 Å². The Kier molecular flexibility index (Phi) is 3.72. The van der Waals surface area contributed by atoms with Crippen LogP contribution in [0.4, 0.5) is 4.39 Å². The van der Waals surface area contributed by atoms with Gasteiger partial charge < -0.3 is 0 Å². The van der Waals surface area contributed by atoms with Gasteiger partial charge in [0, 0.05) is 35.3 Å². The Labute approximate surface area is 159 Å². The van der Waals surface area contributed by atoms with Crippen molar-refractivity contribution in [3.8, 4) is 33.6 Å². The molecule has 0 aliphatic carbocycles. The molecule has 5 rings (SSSR count). The highest BCUT2D eigenvalue weighted by Gasteiger charge is 2.17. The molecule has 0 aliphatic heterocycles. The van der Waals surface area contributed by atoms with Gasteiger partial charge in [0.2, 0.25) is 0 Å². The molecule has 2 aromatic carbocycles. The normalized spacial score (nSPS) is 11.2. The van der Waals surface area contributed by atoms with Gasteiger partial charge in [-0.3, -0.25) is 9.78 Å². The molecular formula is C21H15FN6. The summed E-state index contributed by atoms with van der Waals surface area (Å²) in [6.07, 6.45) is 6.95. The summed E-state index contributed by atoms with van der Waals surface area (Å²) in [6, 6.07) is 12.6. The molecule has 3 aromatic heterocycles. The highest BCUT2D eigenvalue weighted by molar-refractivity contribution is 5.97. The number of H-pyrrole nitrogens is 1. The number of aromatic nitrogens is 6. The van der Waals surface area contributed by atoms with Gasteiger partial charge in [-0.15, -0.1) is 0 Å². The van der Waals surface area contributed by atoms with Crippen LogP contribution >= 0.6 is 0 Å². The predicted molar refractivity (Wildman–Crippen MR) is 105 cm³/mol. The zero-order valence-corrected chi connectivity index (χ0v) is 15.0. The van der Waals surface area contributed by atoms with Gasteiger partial charge in [0.05, 0.1) is 29.3 Å². The first-order valence-corrected chi connectivity index (χ1v) is 8.73. The summed E-state index contributed by atoms with van der Waals surface area (Å²) in [5.41, 5.74) is 5.31. The van der Waals surface area contributed by atoms with Crippen LogP contribution in [0, 0.1) is 5.82 Å². The quantitative estimate of drug-likeness (QED) is 0.516. The van der Waals surface area contributed by atoms with E-state index in [9.17, 15) is 4.39 Å². The van der Waals surface area contributed by atoms with Gasteiger partial charge in [0.25, 0.3) is 0 Å². The number of aromatic amines is 1. The number of nitrogens with one attached hydrogen (secondary N) is 1. The van der Waals surface area contributed by atoms with E-state index in [1.165, 1.54) is 12.4 Å². The molecule has 0 fully saturated rings. The zero-order valence-electron chi connectivity index (χ0n) is 15.0. The molecule has 5 aromatic rings. The first-order valence-electron chi connectivity index (χ1n) is 8.73. The van der Waals surface area contributed by atoms with Crippen molar-refractivity contribution in [1.82, 2.24) is 29.9 Å². The fourth-order valence-electron chi connectivity index (χ4n) is 3.36. The van der Waals surface area contributed by atoms with Crippen molar-refractivity contribution in [3.05, 3.63) is 73.2 Å². The Morgan fingerprint density at radius 3 is 2.68 bits per heavy atom. The van der Waals surface area contributed by atoms with Crippen LogP contribution in [0.5, 0.6) is 0 Å². The summed E-state index contributed by atoms with van der Waals surface area (Å²) in [5, 5.41) is 12.1. The standard InChI is InChI=1S/C21H15FN6/c1-28-11-14(9-26-28)13-6-7-16-19(8-13)23-12-24-20(16)17-10-25-27-21(17)15-4-2-3-5-18(15)22/h2-12H,1H3,(H,25,27). The lowest BCUT2D eigenvalue weighted by atomic mass is 10.0. The third-order valence-electron chi connectivity index (χ3n) is 4.71. The van der Waals surface area contributed by atoms with Crippen molar-refractivity contribution in [1.29, 1.82) is 0 Å². The molecule has 28 heavy (non-hydrogen) atoms. The maximum Gasteiger partial charge on any atom is 0.132 e. The number of fused-ring (bicyclic) bond motifs is 1. The van der Waals surface area contributed by atoms with Crippen LogP contribution < -0.4 is 0 Å². The van der Waals surface area contributed by atoms with Gasteiger partial charge in [-0.1, -0.05) is 18.2 Å². The van der Waals surface area contributed by atoms with Crippen molar-refractivity contribution < 1.29 is 4.39 Å². The summed E-state index contributed by atoms with van der Waals surface area (Å²) in [5.74, 6) is -0.315. The average molecular weight is 370 g/mol. The van der Waals surface area contributed by atoms with Gasteiger partial charge in [0.15, 0.2) is 0 Å². The number of rotatable bonds is 3. The molecule has 0 amide bonds. The van der Waals surface area contributed by atoms with E-state index in [0.29, 0.717) is 17.0 Å². The maximum atomic E-state index is 14.3. The van der Waals surface area contributed by atoms with E-state index < -0.39 is 0 Å². The molecule has 0 unspecified atom stereocenters. The molecule has 0 atom stereocenters. The Bertz CT molecular complexity index is 1300. The van der Waals surface area contributed by atoms with Crippen molar-refractivity contribution in [2.45, 2.75) is 0 Å². The predicted octanol–water partition coefficient (Wildman–Crippen LogP) is 4.23. The van der Waals surface area contributed by atoms with Gasteiger partial charge in [-0.05, 0) is 29.8 Å². The molecule has 1 N–H and O–H groups in total. The first kappa shape index (κ1) is 16.3. The Morgan fingerprint density at radius 1 is 0.964 bits per heavy atom. The minimum Gasteiger partial charge on any atom is -0.277 e. The van der Waals surface area contributed by atoms with E-state index in [4.69, 9.17) is 0 Å². The van der Waals surface area contributed by atoms with Crippen LogP contribution in [-0.2, 0) is 7.05 Å². The van der Waals surface area contributed by atoms with Crippen LogP contribution in [0.1, 0.15) is 0 Å². The molecule has 0 saturated heterocycles. The smallest absolute Gasteiger partial charge is 0.132 e. The Balaban J connectivity index is 1.67. The molecular weight excluding hydrogens is 355 g/mol. The summed E-state index contributed by atoms with van der Waals surface area (Å²) in [7, 11) is 1.88. The van der Waals surface area contributed by atoms with E-state index in [-0.39, 0.29) is 5.82 Å². The topological polar surface area (TPSA) is 72.3 Å². The summed E-state index contributed by atoms with van der Waals surface area (Å²) >= 11 is 0. The van der Waals surface area contributed by atoms with E-state index in [2.05, 4.69) is 25.3 Å². The van der Waals surface area contributed by atoms with Gasteiger partial charge in [0.1, 0.15) is 12.1 Å². The summed E-state index contributed by atoms with van der Waals surface area (Å²) in [6.45, 7) is 0. The number of hydrogen-bond acceptors (Lipinski definition) is 4. The SMILES string of the molecule is Cn1cc(-c2ccc3c(-c4cn[nH]c4-c4ccccc4F)ncnc3c2)cn1. The number of hydrogen-bond donors (Lipinski definition) is 1. The lowest BCUT2D eigenvalue weighted by molar-refractivity contribution is 0.630. The van der Waals surface area contributed by atoms with Crippen molar-refractivity contribution in [2.75, 3.05) is 0 Å². The maximum absolute atomic E-state index is 14.3. The lowest BCUT2D eigenvalue weighted by Crippen LogP contribution is -1.92. The Hall–Kier alpha value is -3.87. The molecule has 7 heteroatoms. The number of aryl methyl sites for hydroxylation is 1. The molecule has 0 radical (unpaired) electrons. The largest absolute Gasteiger partial charge is 0.277 e. The van der Waals surface area contributed by atoms with Crippen molar-refractivity contribution in [2.24, 2.45) is 7.05 Å². The monoisotopic (exact) mass is 370 g/mol. The molecule has 0 bridgehead atoms. The highest BCUT2D eigenvalue weighted by Crippen LogP contribution is 2.34. The van der Waals surface area contributed by atoms with Gasteiger partial charge in [-0.25, -0.2) is 14.4 Å².